The number of nitrogens with zero attached hydrogens (tertiary/aromatic N) is 2. The lowest BCUT2D eigenvalue weighted by atomic mass is 9.99. The summed E-state index contributed by atoms with van der Waals surface area (Å²) in [7, 11) is 0. The van der Waals surface area contributed by atoms with Crippen LogP contribution in [-0.2, 0) is 0 Å². The molecule has 1 aliphatic rings. The van der Waals surface area contributed by atoms with Gasteiger partial charge in [-0.3, -0.25) is 0 Å². The molecule has 0 unspecified atom stereocenters. The fraction of sp³-hybridized carbons (Fsp3) is 0.556. The fourth-order valence-corrected chi connectivity index (χ4v) is 2.81. The quantitative estimate of drug-likeness (QED) is 0.719. The van der Waals surface area contributed by atoms with Gasteiger partial charge < -0.3 is 0 Å². The minimum Gasteiger partial charge on any atom is -0.162 e. The summed E-state index contributed by atoms with van der Waals surface area (Å²) in [6.07, 6.45) is 4.00. The molecule has 0 spiro atoms. The van der Waals surface area contributed by atoms with E-state index in [4.69, 9.17) is 11.6 Å². The highest BCUT2D eigenvalue weighted by molar-refractivity contribution is 7.99. The minimum atomic E-state index is 0.576. The largest absolute Gasteiger partial charge is 0.162 e. The molecule has 0 aliphatic carbocycles. The standard InChI is InChI=1S/C9H11ClN2S/c10-8-5-9(12-11-6-8)7-1-3-13-4-2-7/h5-7H,1-4H2. The highest BCUT2D eigenvalue weighted by Crippen LogP contribution is 2.30. The number of aromatic nitrogens is 2. The highest BCUT2D eigenvalue weighted by Gasteiger charge is 2.17. The molecule has 1 fully saturated rings. The van der Waals surface area contributed by atoms with Crippen molar-refractivity contribution >= 4 is 23.4 Å². The third-order valence-electron chi connectivity index (χ3n) is 2.28. The zero-order valence-corrected chi connectivity index (χ0v) is 8.81. The molecule has 2 nitrogen and oxygen atoms in total. The monoisotopic (exact) mass is 214 g/mol. The average molecular weight is 215 g/mol. The molecule has 70 valence electrons. The second kappa shape index (κ2) is 4.29. The van der Waals surface area contributed by atoms with Crippen LogP contribution in [0.25, 0.3) is 0 Å². The SMILES string of the molecule is Clc1cnnc(C2CCSCC2)c1. The Balaban J connectivity index is 2.14. The molecule has 0 amide bonds. The molecular weight excluding hydrogens is 204 g/mol. The Morgan fingerprint density at radius 2 is 2.15 bits per heavy atom. The molecule has 1 saturated heterocycles. The van der Waals surface area contributed by atoms with E-state index in [1.807, 2.05) is 17.8 Å². The van der Waals surface area contributed by atoms with E-state index in [1.165, 1.54) is 24.3 Å². The van der Waals surface area contributed by atoms with E-state index in [2.05, 4.69) is 10.2 Å². The van der Waals surface area contributed by atoms with E-state index < -0.39 is 0 Å². The lowest BCUT2D eigenvalue weighted by Gasteiger charge is -2.19. The second-order valence-corrected chi connectivity index (χ2v) is 4.85. The zero-order chi connectivity index (χ0) is 9.10. The molecular formula is C9H11ClN2S. The number of hydrogen-bond acceptors (Lipinski definition) is 3. The third kappa shape index (κ3) is 2.35. The average Bonchev–Trinajstić information content (AvgIpc) is 2.19. The molecule has 0 saturated carbocycles. The first-order chi connectivity index (χ1) is 6.36. The van der Waals surface area contributed by atoms with E-state index in [0.717, 1.165) is 5.69 Å². The molecule has 0 aromatic carbocycles. The van der Waals surface area contributed by atoms with Crippen LogP contribution in [0.5, 0.6) is 0 Å². The fourth-order valence-electron chi connectivity index (χ4n) is 1.55. The van der Waals surface area contributed by atoms with Gasteiger partial charge in [0.1, 0.15) is 0 Å². The van der Waals surface area contributed by atoms with Crippen LogP contribution in [0.1, 0.15) is 24.5 Å². The van der Waals surface area contributed by atoms with Gasteiger partial charge in [-0.25, -0.2) is 0 Å². The van der Waals surface area contributed by atoms with E-state index >= 15 is 0 Å². The van der Waals surface area contributed by atoms with E-state index in [0.29, 0.717) is 10.9 Å². The molecule has 0 N–H and O–H groups in total. The molecule has 1 aliphatic heterocycles. The summed E-state index contributed by atoms with van der Waals surface area (Å²) < 4.78 is 0. The summed E-state index contributed by atoms with van der Waals surface area (Å²) >= 11 is 7.87. The van der Waals surface area contributed by atoms with Crippen molar-refractivity contribution < 1.29 is 0 Å². The molecule has 0 radical (unpaired) electrons. The van der Waals surface area contributed by atoms with Gasteiger partial charge in [-0.05, 0) is 30.4 Å². The Morgan fingerprint density at radius 1 is 1.38 bits per heavy atom. The first-order valence-electron chi connectivity index (χ1n) is 4.42. The Morgan fingerprint density at radius 3 is 2.85 bits per heavy atom. The summed E-state index contributed by atoms with van der Waals surface area (Å²) in [5, 5.41) is 8.69. The zero-order valence-electron chi connectivity index (χ0n) is 7.24. The predicted molar refractivity (Wildman–Crippen MR) is 56.3 cm³/mol. The van der Waals surface area contributed by atoms with Crippen molar-refractivity contribution in [3.05, 3.63) is 23.0 Å². The van der Waals surface area contributed by atoms with Crippen LogP contribution in [0.2, 0.25) is 5.02 Å². The molecule has 2 heterocycles. The summed E-state index contributed by atoms with van der Waals surface area (Å²) in [6, 6.07) is 1.94. The lowest BCUT2D eigenvalue weighted by molar-refractivity contribution is 0.609. The number of hydrogen-bond donors (Lipinski definition) is 0. The van der Waals surface area contributed by atoms with Crippen LogP contribution in [0.4, 0.5) is 0 Å². The minimum absolute atomic E-state index is 0.576. The summed E-state index contributed by atoms with van der Waals surface area (Å²) in [4.78, 5) is 0. The van der Waals surface area contributed by atoms with Gasteiger partial charge in [0, 0.05) is 5.92 Å². The van der Waals surface area contributed by atoms with Gasteiger partial charge in [-0.2, -0.15) is 22.0 Å². The van der Waals surface area contributed by atoms with E-state index in [9.17, 15) is 0 Å². The van der Waals surface area contributed by atoms with Gasteiger partial charge in [0.2, 0.25) is 0 Å². The smallest absolute Gasteiger partial charge is 0.0682 e. The lowest BCUT2D eigenvalue weighted by Crippen LogP contribution is -2.09. The van der Waals surface area contributed by atoms with Crippen molar-refractivity contribution in [1.82, 2.24) is 10.2 Å². The first-order valence-corrected chi connectivity index (χ1v) is 5.95. The van der Waals surface area contributed by atoms with Gasteiger partial charge in [-0.15, -0.1) is 0 Å². The van der Waals surface area contributed by atoms with Gasteiger partial charge in [0.25, 0.3) is 0 Å². The van der Waals surface area contributed by atoms with Crippen molar-refractivity contribution in [1.29, 1.82) is 0 Å². The predicted octanol–water partition coefficient (Wildman–Crippen LogP) is 2.74. The van der Waals surface area contributed by atoms with Crippen molar-refractivity contribution in [3.63, 3.8) is 0 Å². The number of rotatable bonds is 1. The molecule has 0 bridgehead atoms. The van der Waals surface area contributed by atoms with Crippen LogP contribution in [0.15, 0.2) is 12.3 Å². The van der Waals surface area contributed by atoms with Crippen molar-refractivity contribution in [3.8, 4) is 0 Å². The number of halogens is 1. The summed E-state index contributed by atoms with van der Waals surface area (Å²) in [6.45, 7) is 0. The molecule has 2 rings (SSSR count). The van der Waals surface area contributed by atoms with E-state index in [-0.39, 0.29) is 0 Å². The van der Waals surface area contributed by atoms with Gasteiger partial charge in [0.05, 0.1) is 16.9 Å². The van der Waals surface area contributed by atoms with Crippen LogP contribution in [-0.4, -0.2) is 21.7 Å². The van der Waals surface area contributed by atoms with Gasteiger partial charge >= 0.3 is 0 Å². The Hall–Kier alpha value is -0.280. The molecule has 0 atom stereocenters. The third-order valence-corrected chi connectivity index (χ3v) is 3.54. The van der Waals surface area contributed by atoms with Gasteiger partial charge in [-0.1, -0.05) is 11.6 Å². The van der Waals surface area contributed by atoms with E-state index in [1.54, 1.807) is 6.20 Å². The molecule has 1 aromatic rings. The topological polar surface area (TPSA) is 25.8 Å². The Kier molecular flexibility index (Phi) is 3.06. The van der Waals surface area contributed by atoms with Crippen LogP contribution >= 0.6 is 23.4 Å². The van der Waals surface area contributed by atoms with Gasteiger partial charge in [0.15, 0.2) is 0 Å². The Bertz CT molecular complexity index is 287. The summed E-state index contributed by atoms with van der Waals surface area (Å²) in [5.74, 6) is 3.05. The second-order valence-electron chi connectivity index (χ2n) is 3.19. The van der Waals surface area contributed by atoms with Crippen LogP contribution < -0.4 is 0 Å². The maximum absolute atomic E-state index is 5.86. The molecule has 4 heteroatoms. The van der Waals surface area contributed by atoms with Crippen LogP contribution in [0.3, 0.4) is 0 Å². The molecule has 13 heavy (non-hydrogen) atoms. The van der Waals surface area contributed by atoms with Crippen molar-refractivity contribution in [2.24, 2.45) is 0 Å². The van der Waals surface area contributed by atoms with Crippen LogP contribution in [0, 0.1) is 0 Å². The van der Waals surface area contributed by atoms with Crippen molar-refractivity contribution in [2.45, 2.75) is 18.8 Å². The molecule has 1 aromatic heterocycles. The first kappa shape index (κ1) is 9.28. The highest BCUT2D eigenvalue weighted by atomic mass is 35.5. The Labute approximate surface area is 87.1 Å². The maximum Gasteiger partial charge on any atom is 0.0682 e. The normalized spacial score (nSPS) is 18.8. The summed E-state index contributed by atoms with van der Waals surface area (Å²) in [5.41, 5.74) is 1.06. The van der Waals surface area contributed by atoms with Crippen molar-refractivity contribution in [2.75, 3.05) is 11.5 Å². The number of thioether (sulfide) groups is 1. The maximum atomic E-state index is 5.86.